The predicted octanol–water partition coefficient (Wildman–Crippen LogP) is 4.33. The molecule has 1 saturated heterocycles. The molecular formula is C21H23N3O2S. The van der Waals surface area contributed by atoms with E-state index in [2.05, 4.69) is 29.4 Å². The van der Waals surface area contributed by atoms with Crippen LogP contribution in [0.3, 0.4) is 0 Å². The maximum Gasteiger partial charge on any atom is 0.243 e. The van der Waals surface area contributed by atoms with E-state index in [0.29, 0.717) is 18.0 Å². The highest BCUT2D eigenvalue weighted by Crippen LogP contribution is 2.28. The second-order valence-electron chi connectivity index (χ2n) is 6.82. The van der Waals surface area contributed by atoms with Crippen LogP contribution in [0.1, 0.15) is 25.3 Å². The Morgan fingerprint density at radius 3 is 2.48 bits per heavy atom. The smallest absolute Gasteiger partial charge is 0.243 e. The van der Waals surface area contributed by atoms with E-state index in [1.165, 1.54) is 5.56 Å². The van der Waals surface area contributed by atoms with Crippen molar-refractivity contribution in [3.05, 3.63) is 60.3 Å². The van der Waals surface area contributed by atoms with Crippen molar-refractivity contribution in [3.63, 3.8) is 0 Å². The first-order valence-electron chi connectivity index (χ1n) is 9.33. The Kier molecular flexibility index (Phi) is 4.85. The number of hydrogen-bond donors (Lipinski definition) is 1. The molecule has 6 heteroatoms. The fourth-order valence-corrected chi connectivity index (χ4v) is 4.98. The number of hydrogen-bond acceptors (Lipinski definition) is 4. The van der Waals surface area contributed by atoms with Crippen LogP contribution in [-0.2, 0) is 16.4 Å². The number of pyridine rings is 1. The van der Waals surface area contributed by atoms with Gasteiger partial charge in [-0.3, -0.25) is 4.98 Å². The molecule has 0 unspecified atom stereocenters. The van der Waals surface area contributed by atoms with Crippen molar-refractivity contribution in [2.24, 2.45) is 0 Å². The van der Waals surface area contributed by atoms with Crippen LogP contribution in [0.15, 0.2) is 59.6 Å². The van der Waals surface area contributed by atoms with Gasteiger partial charge in [0.2, 0.25) is 10.0 Å². The van der Waals surface area contributed by atoms with Crippen molar-refractivity contribution in [2.75, 3.05) is 18.4 Å². The minimum atomic E-state index is -3.38. The number of nitrogens with one attached hydrogen (secondary N) is 1. The molecule has 0 saturated carbocycles. The average molecular weight is 382 g/mol. The van der Waals surface area contributed by atoms with E-state index in [9.17, 15) is 8.42 Å². The van der Waals surface area contributed by atoms with Crippen LogP contribution in [0.2, 0.25) is 0 Å². The first-order chi connectivity index (χ1) is 13.1. The molecule has 1 aliphatic rings. The minimum Gasteiger partial charge on any atom is -0.355 e. The Morgan fingerprint density at radius 1 is 1.04 bits per heavy atom. The van der Waals surface area contributed by atoms with Gasteiger partial charge in [0.1, 0.15) is 0 Å². The summed E-state index contributed by atoms with van der Waals surface area (Å²) >= 11 is 0. The fourth-order valence-electron chi connectivity index (χ4n) is 3.47. The molecule has 1 fully saturated rings. The molecule has 5 nitrogen and oxygen atoms in total. The van der Waals surface area contributed by atoms with Crippen molar-refractivity contribution in [3.8, 4) is 0 Å². The zero-order chi connectivity index (χ0) is 18.9. The van der Waals surface area contributed by atoms with Crippen LogP contribution < -0.4 is 5.32 Å². The zero-order valence-electron chi connectivity index (χ0n) is 15.4. The van der Waals surface area contributed by atoms with Gasteiger partial charge in [-0.05, 0) is 67.3 Å². The molecule has 3 aromatic rings. The van der Waals surface area contributed by atoms with E-state index in [-0.39, 0.29) is 0 Å². The summed E-state index contributed by atoms with van der Waals surface area (Å²) in [5, 5.41) is 4.46. The van der Waals surface area contributed by atoms with E-state index in [4.69, 9.17) is 0 Å². The third-order valence-electron chi connectivity index (χ3n) is 5.05. The minimum absolute atomic E-state index is 0.350. The molecule has 0 bridgehead atoms. The lowest BCUT2D eigenvalue weighted by atomic mass is 10.1. The van der Waals surface area contributed by atoms with E-state index < -0.39 is 10.0 Å². The van der Waals surface area contributed by atoms with Gasteiger partial charge in [-0.1, -0.05) is 13.0 Å². The number of sulfonamides is 1. The number of aryl methyl sites for hydroxylation is 1. The lowest BCUT2D eigenvalue weighted by molar-refractivity contribution is 0.477. The Bertz CT molecular complexity index is 1060. The van der Waals surface area contributed by atoms with Crippen LogP contribution in [-0.4, -0.2) is 30.8 Å². The van der Waals surface area contributed by atoms with E-state index >= 15 is 0 Å². The van der Waals surface area contributed by atoms with Crippen molar-refractivity contribution < 1.29 is 8.42 Å². The summed E-state index contributed by atoms with van der Waals surface area (Å²) in [5.74, 6) is 0. The second kappa shape index (κ2) is 7.29. The summed E-state index contributed by atoms with van der Waals surface area (Å²) in [4.78, 5) is 4.77. The van der Waals surface area contributed by atoms with Crippen molar-refractivity contribution >= 4 is 32.3 Å². The SMILES string of the molecule is CCc1ccc2nccc(Nc3ccc(S(=O)(=O)N4CCCC4)cc3)c2c1. The summed E-state index contributed by atoms with van der Waals surface area (Å²) in [6, 6.07) is 15.2. The standard InChI is InChI=1S/C21H23N3O2S/c1-2-16-5-10-20-19(15-16)21(11-12-22-20)23-17-6-8-18(9-7-17)27(25,26)24-13-3-4-14-24/h5-12,15H,2-4,13-14H2,1H3,(H,22,23). The Morgan fingerprint density at radius 2 is 1.78 bits per heavy atom. The first kappa shape index (κ1) is 17.9. The number of anilines is 2. The maximum absolute atomic E-state index is 12.6. The molecule has 0 amide bonds. The third-order valence-corrected chi connectivity index (χ3v) is 6.96. The summed E-state index contributed by atoms with van der Waals surface area (Å²) in [7, 11) is -3.38. The third kappa shape index (κ3) is 3.55. The van der Waals surface area contributed by atoms with Gasteiger partial charge in [0.25, 0.3) is 0 Å². The molecule has 27 heavy (non-hydrogen) atoms. The normalized spacial score (nSPS) is 15.3. The second-order valence-corrected chi connectivity index (χ2v) is 8.76. The molecular weight excluding hydrogens is 358 g/mol. The van der Waals surface area contributed by atoms with Gasteiger partial charge in [0.15, 0.2) is 0 Å². The molecule has 1 aliphatic heterocycles. The summed E-state index contributed by atoms with van der Waals surface area (Å²) < 4.78 is 26.9. The molecule has 4 rings (SSSR count). The molecule has 0 atom stereocenters. The summed E-state index contributed by atoms with van der Waals surface area (Å²) in [6.45, 7) is 3.36. The van der Waals surface area contributed by atoms with Gasteiger partial charge in [-0.15, -0.1) is 0 Å². The van der Waals surface area contributed by atoms with Gasteiger partial charge in [-0.25, -0.2) is 8.42 Å². The molecule has 0 aliphatic carbocycles. The van der Waals surface area contributed by atoms with Crippen LogP contribution in [0, 0.1) is 0 Å². The van der Waals surface area contributed by atoms with Crippen molar-refractivity contribution in [1.82, 2.24) is 9.29 Å². The summed E-state index contributed by atoms with van der Waals surface area (Å²) in [5.41, 5.74) is 4.01. The number of benzene rings is 2. The highest BCUT2D eigenvalue weighted by molar-refractivity contribution is 7.89. The summed E-state index contributed by atoms with van der Waals surface area (Å²) in [6.07, 6.45) is 4.62. The van der Waals surface area contributed by atoms with Crippen LogP contribution >= 0.6 is 0 Å². The number of nitrogens with zero attached hydrogens (tertiary/aromatic N) is 2. The molecule has 0 spiro atoms. The first-order valence-corrected chi connectivity index (χ1v) is 10.8. The zero-order valence-corrected chi connectivity index (χ0v) is 16.2. The van der Waals surface area contributed by atoms with E-state index in [1.54, 1.807) is 22.6 Å². The van der Waals surface area contributed by atoms with Crippen LogP contribution in [0.4, 0.5) is 11.4 Å². The number of rotatable bonds is 5. The number of fused-ring (bicyclic) bond motifs is 1. The Hall–Kier alpha value is -2.44. The lowest BCUT2D eigenvalue weighted by Gasteiger charge is -2.16. The quantitative estimate of drug-likeness (QED) is 0.715. The fraction of sp³-hybridized carbons (Fsp3) is 0.286. The molecule has 0 radical (unpaired) electrons. The van der Waals surface area contributed by atoms with E-state index in [1.807, 2.05) is 24.3 Å². The van der Waals surface area contributed by atoms with Crippen LogP contribution in [0.25, 0.3) is 10.9 Å². The van der Waals surface area contributed by atoms with Crippen molar-refractivity contribution in [1.29, 1.82) is 0 Å². The monoisotopic (exact) mass is 381 g/mol. The molecule has 2 aromatic carbocycles. The molecule has 1 N–H and O–H groups in total. The lowest BCUT2D eigenvalue weighted by Crippen LogP contribution is -2.27. The Balaban J connectivity index is 1.61. The highest BCUT2D eigenvalue weighted by Gasteiger charge is 2.26. The molecule has 140 valence electrons. The van der Waals surface area contributed by atoms with Crippen LogP contribution in [0.5, 0.6) is 0 Å². The van der Waals surface area contributed by atoms with Gasteiger partial charge in [-0.2, -0.15) is 4.31 Å². The predicted molar refractivity (Wildman–Crippen MR) is 109 cm³/mol. The maximum atomic E-state index is 12.6. The van der Waals surface area contributed by atoms with Gasteiger partial charge in [0, 0.05) is 36.0 Å². The van der Waals surface area contributed by atoms with Gasteiger partial charge in [0.05, 0.1) is 10.4 Å². The number of aromatic nitrogens is 1. The largest absolute Gasteiger partial charge is 0.355 e. The van der Waals surface area contributed by atoms with E-state index in [0.717, 1.165) is 41.5 Å². The Labute approximate surface area is 160 Å². The van der Waals surface area contributed by atoms with Gasteiger partial charge >= 0.3 is 0 Å². The molecule has 2 heterocycles. The average Bonchev–Trinajstić information content (AvgIpc) is 3.24. The molecule has 1 aromatic heterocycles. The topological polar surface area (TPSA) is 62.3 Å². The highest BCUT2D eigenvalue weighted by atomic mass is 32.2. The van der Waals surface area contributed by atoms with Crippen molar-refractivity contribution in [2.45, 2.75) is 31.1 Å². The van der Waals surface area contributed by atoms with Gasteiger partial charge < -0.3 is 5.32 Å².